The highest BCUT2D eigenvalue weighted by Crippen LogP contribution is 2.18. The fraction of sp³-hybridized carbons (Fsp3) is 0.125. The Balaban J connectivity index is 2.17. The molecule has 3 nitrogen and oxygen atoms in total. The van der Waals surface area contributed by atoms with Crippen molar-refractivity contribution in [1.82, 2.24) is 9.55 Å². The van der Waals surface area contributed by atoms with Gasteiger partial charge in [0.25, 0.3) is 5.91 Å². The first-order chi connectivity index (χ1) is 9.58. The van der Waals surface area contributed by atoms with E-state index in [-0.39, 0.29) is 11.7 Å². The van der Waals surface area contributed by atoms with E-state index in [0.29, 0.717) is 17.0 Å². The van der Waals surface area contributed by atoms with Gasteiger partial charge in [-0.2, -0.15) is 0 Å². The van der Waals surface area contributed by atoms with Gasteiger partial charge >= 0.3 is 0 Å². The number of carbonyl (C=O) groups excluding carboxylic acids is 1. The first-order valence-corrected chi connectivity index (χ1v) is 6.33. The maximum Gasteiger partial charge on any atom is 0.263 e. The summed E-state index contributed by atoms with van der Waals surface area (Å²) in [6, 6.07) is 11.9. The highest BCUT2D eigenvalue weighted by molar-refractivity contribution is 6.01. The summed E-state index contributed by atoms with van der Waals surface area (Å²) in [7, 11) is 0. The zero-order valence-corrected chi connectivity index (χ0v) is 11.2. The van der Waals surface area contributed by atoms with E-state index in [1.165, 1.54) is 10.6 Å². The van der Waals surface area contributed by atoms with Crippen molar-refractivity contribution in [3.63, 3.8) is 0 Å². The summed E-state index contributed by atoms with van der Waals surface area (Å²) in [5.74, 6) is -0.0507. The van der Waals surface area contributed by atoms with Crippen LogP contribution in [0.25, 0.3) is 11.0 Å². The second-order valence-electron chi connectivity index (χ2n) is 4.75. The largest absolute Gasteiger partial charge is 0.268 e. The highest BCUT2D eigenvalue weighted by atomic mass is 19.1. The number of nitrogens with zero attached hydrogens (tertiary/aromatic N) is 2. The summed E-state index contributed by atoms with van der Waals surface area (Å²) in [6.07, 6.45) is 0. The SMILES string of the molecule is Cc1ccc(C(=O)n2c(C)nc3ccccc32)cc1F. The van der Waals surface area contributed by atoms with Gasteiger partial charge in [-0.1, -0.05) is 18.2 Å². The number of aromatic nitrogens is 2. The predicted octanol–water partition coefficient (Wildman–Crippen LogP) is 3.48. The van der Waals surface area contributed by atoms with Crippen LogP contribution in [0.4, 0.5) is 4.39 Å². The highest BCUT2D eigenvalue weighted by Gasteiger charge is 2.16. The molecule has 0 atom stereocenters. The predicted molar refractivity (Wildman–Crippen MR) is 75.3 cm³/mol. The molecule has 0 aliphatic carbocycles. The van der Waals surface area contributed by atoms with Crippen molar-refractivity contribution in [3.05, 3.63) is 65.2 Å². The molecule has 0 amide bonds. The molecule has 0 aliphatic rings. The number of hydrogen-bond acceptors (Lipinski definition) is 2. The van der Waals surface area contributed by atoms with Gasteiger partial charge in [0.2, 0.25) is 0 Å². The minimum Gasteiger partial charge on any atom is -0.268 e. The third-order valence-electron chi connectivity index (χ3n) is 3.35. The van der Waals surface area contributed by atoms with E-state index in [1.807, 2.05) is 24.3 Å². The molecule has 4 heteroatoms. The zero-order chi connectivity index (χ0) is 14.3. The summed E-state index contributed by atoms with van der Waals surface area (Å²) in [4.78, 5) is 16.9. The third-order valence-corrected chi connectivity index (χ3v) is 3.35. The van der Waals surface area contributed by atoms with Crippen molar-refractivity contribution >= 4 is 16.9 Å². The molecule has 100 valence electrons. The molecule has 3 rings (SSSR count). The first kappa shape index (κ1) is 12.5. The number of aryl methyl sites for hydroxylation is 2. The number of carbonyl (C=O) groups is 1. The van der Waals surface area contributed by atoms with E-state index in [9.17, 15) is 9.18 Å². The molecular weight excluding hydrogens is 255 g/mol. The molecule has 3 aromatic rings. The van der Waals surface area contributed by atoms with Gasteiger partial charge in [-0.15, -0.1) is 0 Å². The Morgan fingerprint density at radius 2 is 1.90 bits per heavy atom. The van der Waals surface area contributed by atoms with Crippen LogP contribution in [0, 0.1) is 19.7 Å². The van der Waals surface area contributed by atoms with Crippen molar-refractivity contribution in [2.75, 3.05) is 0 Å². The molecule has 1 aromatic heterocycles. The van der Waals surface area contributed by atoms with E-state index in [4.69, 9.17) is 0 Å². The molecule has 0 N–H and O–H groups in total. The molecule has 1 heterocycles. The first-order valence-electron chi connectivity index (χ1n) is 6.33. The Morgan fingerprint density at radius 3 is 2.65 bits per heavy atom. The Hall–Kier alpha value is -2.49. The lowest BCUT2D eigenvalue weighted by molar-refractivity contribution is 0.0962. The summed E-state index contributed by atoms with van der Waals surface area (Å²) in [5, 5.41) is 0. The van der Waals surface area contributed by atoms with Crippen LogP contribution >= 0.6 is 0 Å². The topological polar surface area (TPSA) is 34.9 Å². The quantitative estimate of drug-likeness (QED) is 0.677. The fourth-order valence-electron chi connectivity index (χ4n) is 2.26. The minimum atomic E-state index is -0.377. The van der Waals surface area contributed by atoms with Gasteiger partial charge in [-0.05, 0) is 43.7 Å². The maximum absolute atomic E-state index is 13.6. The van der Waals surface area contributed by atoms with Crippen molar-refractivity contribution in [2.45, 2.75) is 13.8 Å². The molecular formula is C16H13FN2O. The van der Waals surface area contributed by atoms with Crippen LogP contribution in [-0.4, -0.2) is 15.5 Å². The Bertz CT molecular complexity index is 820. The van der Waals surface area contributed by atoms with Crippen LogP contribution in [0.15, 0.2) is 42.5 Å². The van der Waals surface area contributed by atoms with Gasteiger partial charge in [-0.3, -0.25) is 9.36 Å². The number of benzene rings is 2. The standard InChI is InChI=1S/C16H13FN2O/c1-10-7-8-12(9-13(10)17)16(20)19-11(2)18-14-5-3-4-6-15(14)19/h3-9H,1-2H3. The molecule has 0 radical (unpaired) electrons. The Labute approximate surface area is 115 Å². The average Bonchev–Trinajstić information content (AvgIpc) is 2.77. The monoisotopic (exact) mass is 268 g/mol. The molecule has 2 aromatic carbocycles. The van der Waals surface area contributed by atoms with Gasteiger partial charge in [0.1, 0.15) is 11.6 Å². The van der Waals surface area contributed by atoms with Crippen molar-refractivity contribution in [2.24, 2.45) is 0 Å². The number of imidazole rings is 1. The Morgan fingerprint density at radius 1 is 1.15 bits per heavy atom. The molecule has 0 aliphatic heterocycles. The van der Waals surface area contributed by atoms with Gasteiger partial charge in [0.15, 0.2) is 0 Å². The summed E-state index contributed by atoms with van der Waals surface area (Å²) >= 11 is 0. The van der Waals surface area contributed by atoms with Crippen molar-refractivity contribution < 1.29 is 9.18 Å². The second-order valence-corrected chi connectivity index (χ2v) is 4.75. The maximum atomic E-state index is 13.6. The molecule has 0 fully saturated rings. The summed E-state index contributed by atoms with van der Waals surface area (Å²) < 4.78 is 15.1. The van der Waals surface area contributed by atoms with Crippen LogP contribution in [0.5, 0.6) is 0 Å². The Kier molecular flexibility index (Phi) is 2.86. The van der Waals surface area contributed by atoms with Crippen LogP contribution in [-0.2, 0) is 0 Å². The number of halogens is 1. The molecule has 0 bridgehead atoms. The minimum absolute atomic E-state index is 0.268. The smallest absolute Gasteiger partial charge is 0.263 e. The van der Waals surface area contributed by atoms with Gasteiger partial charge in [0.05, 0.1) is 11.0 Å². The summed E-state index contributed by atoms with van der Waals surface area (Å²) in [5.41, 5.74) is 2.33. The average molecular weight is 268 g/mol. The molecule has 0 spiro atoms. The molecule has 20 heavy (non-hydrogen) atoms. The third kappa shape index (κ3) is 1.90. The van der Waals surface area contributed by atoms with Gasteiger partial charge in [0, 0.05) is 5.56 Å². The van der Waals surface area contributed by atoms with Crippen molar-refractivity contribution in [1.29, 1.82) is 0 Å². The lowest BCUT2D eigenvalue weighted by Gasteiger charge is -2.06. The number of para-hydroxylation sites is 2. The second kappa shape index (κ2) is 4.56. The lowest BCUT2D eigenvalue weighted by atomic mass is 10.1. The van der Waals surface area contributed by atoms with E-state index < -0.39 is 0 Å². The van der Waals surface area contributed by atoms with E-state index in [1.54, 1.807) is 26.0 Å². The normalized spacial score (nSPS) is 10.9. The number of rotatable bonds is 1. The van der Waals surface area contributed by atoms with E-state index >= 15 is 0 Å². The van der Waals surface area contributed by atoms with Crippen LogP contribution < -0.4 is 0 Å². The summed E-state index contributed by atoms with van der Waals surface area (Å²) in [6.45, 7) is 3.43. The van der Waals surface area contributed by atoms with Gasteiger partial charge < -0.3 is 0 Å². The van der Waals surface area contributed by atoms with Gasteiger partial charge in [-0.25, -0.2) is 9.37 Å². The van der Waals surface area contributed by atoms with Crippen LogP contribution in [0.1, 0.15) is 21.7 Å². The number of fused-ring (bicyclic) bond motifs is 1. The molecule has 0 saturated carbocycles. The molecule has 0 unspecified atom stereocenters. The van der Waals surface area contributed by atoms with Crippen LogP contribution in [0.3, 0.4) is 0 Å². The van der Waals surface area contributed by atoms with E-state index in [2.05, 4.69) is 4.98 Å². The van der Waals surface area contributed by atoms with Crippen molar-refractivity contribution in [3.8, 4) is 0 Å². The van der Waals surface area contributed by atoms with E-state index in [0.717, 1.165) is 11.0 Å². The number of hydrogen-bond donors (Lipinski definition) is 0. The van der Waals surface area contributed by atoms with Crippen LogP contribution in [0.2, 0.25) is 0 Å². The zero-order valence-electron chi connectivity index (χ0n) is 11.2. The molecule has 0 saturated heterocycles. The lowest BCUT2D eigenvalue weighted by Crippen LogP contribution is -2.14. The fourth-order valence-corrected chi connectivity index (χ4v) is 2.26.